The lowest BCUT2D eigenvalue weighted by atomic mass is 10.1. The predicted octanol–water partition coefficient (Wildman–Crippen LogP) is 2.72. The Hall–Kier alpha value is -3.95. The molecule has 0 saturated heterocycles. The molecule has 0 saturated carbocycles. The Morgan fingerprint density at radius 3 is 2.76 bits per heavy atom. The van der Waals surface area contributed by atoms with Crippen LogP contribution in [0.2, 0.25) is 0 Å². The molecule has 2 rings (SSSR count). The standard InChI is InChI=1S/C19H20N4O6/c1-4-5-14-8-13(9-16(27-2)19(14)29-12-18(24)28-3)10-21-22-17-7-6-15(11-20-17)23(25)26/h4,6-11H,1,5,12H2,2-3H3,(H,20,22)/b21-10+. The van der Waals surface area contributed by atoms with Crippen molar-refractivity contribution in [1.82, 2.24) is 4.98 Å². The number of carbonyl (C=O) groups excluding carboxylic acids is 1. The van der Waals surface area contributed by atoms with E-state index in [1.165, 1.54) is 32.6 Å². The Kier molecular flexibility index (Phi) is 7.66. The molecule has 0 spiro atoms. The molecule has 0 fully saturated rings. The van der Waals surface area contributed by atoms with Crippen molar-refractivity contribution in [2.24, 2.45) is 5.10 Å². The van der Waals surface area contributed by atoms with Gasteiger partial charge in [0.2, 0.25) is 0 Å². The van der Waals surface area contributed by atoms with Gasteiger partial charge in [-0.15, -0.1) is 6.58 Å². The second-order valence-corrected chi connectivity index (χ2v) is 5.60. The largest absolute Gasteiger partial charge is 0.493 e. The maximum Gasteiger partial charge on any atom is 0.343 e. The molecule has 0 atom stereocenters. The van der Waals surface area contributed by atoms with Crippen LogP contribution >= 0.6 is 0 Å². The number of hydrazone groups is 1. The number of nitrogens with one attached hydrogen (secondary N) is 1. The summed E-state index contributed by atoms with van der Waals surface area (Å²) in [5, 5.41) is 14.7. The van der Waals surface area contributed by atoms with E-state index in [0.29, 0.717) is 29.3 Å². The van der Waals surface area contributed by atoms with Crippen LogP contribution < -0.4 is 14.9 Å². The molecule has 10 nitrogen and oxygen atoms in total. The summed E-state index contributed by atoms with van der Waals surface area (Å²) in [7, 11) is 2.76. The highest BCUT2D eigenvalue weighted by atomic mass is 16.6. The lowest BCUT2D eigenvalue weighted by Crippen LogP contribution is -2.14. The first-order valence-corrected chi connectivity index (χ1v) is 8.39. The molecule has 1 aromatic heterocycles. The fourth-order valence-corrected chi connectivity index (χ4v) is 2.30. The van der Waals surface area contributed by atoms with Crippen molar-refractivity contribution in [3.8, 4) is 11.5 Å². The number of nitrogens with zero attached hydrogens (tertiary/aromatic N) is 3. The average molecular weight is 400 g/mol. The zero-order chi connectivity index (χ0) is 21.2. The van der Waals surface area contributed by atoms with Gasteiger partial charge in [0, 0.05) is 11.6 Å². The Balaban J connectivity index is 2.19. The SMILES string of the molecule is C=CCc1cc(/C=N/Nc2ccc([N+](=O)[O-])cn2)cc(OC)c1OCC(=O)OC. The van der Waals surface area contributed by atoms with Gasteiger partial charge in [-0.3, -0.25) is 15.5 Å². The van der Waals surface area contributed by atoms with E-state index in [-0.39, 0.29) is 12.3 Å². The zero-order valence-corrected chi connectivity index (χ0v) is 16.0. The average Bonchev–Trinajstić information content (AvgIpc) is 2.72. The van der Waals surface area contributed by atoms with Gasteiger partial charge in [-0.1, -0.05) is 6.08 Å². The van der Waals surface area contributed by atoms with Gasteiger partial charge in [0.05, 0.1) is 25.4 Å². The first kappa shape index (κ1) is 21.4. The highest BCUT2D eigenvalue weighted by Gasteiger charge is 2.14. The molecular formula is C19H20N4O6. The summed E-state index contributed by atoms with van der Waals surface area (Å²) in [6.07, 6.45) is 4.84. The predicted molar refractivity (Wildman–Crippen MR) is 107 cm³/mol. The number of pyridine rings is 1. The maximum absolute atomic E-state index is 11.4. The quantitative estimate of drug-likeness (QED) is 0.212. The molecule has 2 aromatic rings. The van der Waals surface area contributed by atoms with Gasteiger partial charge in [0.15, 0.2) is 18.1 Å². The summed E-state index contributed by atoms with van der Waals surface area (Å²) < 4.78 is 15.5. The number of carbonyl (C=O) groups is 1. The summed E-state index contributed by atoms with van der Waals surface area (Å²) in [4.78, 5) is 25.4. The number of benzene rings is 1. The minimum atomic E-state index is -0.530. The fraction of sp³-hybridized carbons (Fsp3) is 0.211. The third-order valence-corrected chi connectivity index (χ3v) is 3.65. The van der Waals surface area contributed by atoms with Crippen LogP contribution in [0, 0.1) is 10.1 Å². The fourth-order valence-electron chi connectivity index (χ4n) is 2.30. The van der Waals surface area contributed by atoms with Crippen LogP contribution in [0.1, 0.15) is 11.1 Å². The van der Waals surface area contributed by atoms with Crippen molar-refractivity contribution in [2.45, 2.75) is 6.42 Å². The van der Waals surface area contributed by atoms with E-state index in [2.05, 4.69) is 26.8 Å². The molecule has 0 amide bonds. The lowest BCUT2D eigenvalue weighted by molar-refractivity contribution is -0.385. The molecule has 0 unspecified atom stereocenters. The van der Waals surface area contributed by atoms with Crippen LogP contribution in [0.3, 0.4) is 0 Å². The van der Waals surface area contributed by atoms with Crippen molar-refractivity contribution in [1.29, 1.82) is 0 Å². The minimum Gasteiger partial charge on any atom is -0.493 e. The number of aromatic nitrogens is 1. The monoisotopic (exact) mass is 400 g/mol. The molecule has 0 aliphatic rings. The second-order valence-electron chi connectivity index (χ2n) is 5.60. The Bertz CT molecular complexity index is 912. The number of nitro groups is 1. The van der Waals surface area contributed by atoms with E-state index in [4.69, 9.17) is 9.47 Å². The van der Waals surface area contributed by atoms with Gasteiger partial charge in [0.25, 0.3) is 5.69 Å². The number of anilines is 1. The van der Waals surface area contributed by atoms with Gasteiger partial charge >= 0.3 is 5.97 Å². The molecule has 152 valence electrons. The van der Waals surface area contributed by atoms with Gasteiger partial charge in [-0.25, -0.2) is 9.78 Å². The smallest absolute Gasteiger partial charge is 0.343 e. The molecular weight excluding hydrogens is 380 g/mol. The van der Waals surface area contributed by atoms with Crippen LogP contribution in [0.5, 0.6) is 11.5 Å². The van der Waals surface area contributed by atoms with Crippen LogP contribution in [0.25, 0.3) is 0 Å². The van der Waals surface area contributed by atoms with E-state index in [9.17, 15) is 14.9 Å². The zero-order valence-electron chi connectivity index (χ0n) is 16.0. The van der Waals surface area contributed by atoms with Gasteiger partial charge < -0.3 is 14.2 Å². The Labute approximate surface area is 167 Å². The van der Waals surface area contributed by atoms with Crippen molar-refractivity contribution in [3.63, 3.8) is 0 Å². The Morgan fingerprint density at radius 2 is 2.17 bits per heavy atom. The van der Waals surface area contributed by atoms with E-state index >= 15 is 0 Å². The topological polar surface area (TPSA) is 125 Å². The number of ether oxygens (including phenoxy) is 3. The van der Waals surface area contributed by atoms with Gasteiger partial charge in [-0.2, -0.15) is 5.10 Å². The molecule has 0 bridgehead atoms. The van der Waals surface area contributed by atoms with E-state index in [1.807, 2.05) is 6.07 Å². The Morgan fingerprint density at radius 1 is 1.38 bits per heavy atom. The van der Waals surface area contributed by atoms with Crippen molar-refractivity contribution >= 4 is 23.7 Å². The third-order valence-electron chi connectivity index (χ3n) is 3.65. The molecule has 1 heterocycles. The van der Waals surface area contributed by atoms with E-state index in [0.717, 1.165) is 11.8 Å². The molecule has 1 aromatic carbocycles. The molecule has 10 heteroatoms. The van der Waals surface area contributed by atoms with Crippen molar-refractivity contribution in [3.05, 3.63) is 64.4 Å². The number of hydrogen-bond acceptors (Lipinski definition) is 9. The summed E-state index contributed by atoms with van der Waals surface area (Å²) >= 11 is 0. The van der Waals surface area contributed by atoms with Gasteiger partial charge in [0.1, 0.15) is 12.0 Å². The van der Waals surface area contributed by atoms with Crippen molar-refractivity contribution in [2.75, 3.05) is 26.3 Å². The summed E-state index contributed by atoms with van der Waals surface area (Å²) in [5.41, 5.74) is 4.02. The van der Waals surface area contributed by atoms with Crippen molar-refractivity contribution < 1.29 is 23.9 Å². The number of rotatable bonds is 10. The molecule has 0 aliphatic heterocycles. The maximum atomic E-state index is 11.4. The van der Waals surface area contributed by atoms with E-state index < -0.39 is 10.9 Å². The van der Waals surface area contributed by atoms with Crippen LogP contribution in [0.4, 0.5) is 11.5 Å². The number of hydrogen-bond donors (Lipinski definition) is 1. The number of esters is 1. The first-order valence-electron chi connectivity index (χ1n) is 8.39. The summed E-state index contributed by atoms with van der Waals surface area (Å²) in [6.45, 7) is 3.47. The minimum absolute atomic E-state index is 0.110. The molecule has 1 N–H and O–H groups in total. The highest BCUT2D eigenvalue weighted by Crippen LogP contribution is 2.33. The summed E-state index contributed by atoms with van der Waals surface area (Å²) in [6, 6.07) is 6.27. The normalized spacial score (nSPS) is 10.4. The molecule has 0 radical (unpaired) electrons. The van der Waals surface area contributed by atoms with Crippen LogP contribution in [0.15, 0.2) is 48.2 Å². The third kappa shape index (κ3) is 6.03. The molecule has 29 heavy (non-hydrogen) atoms. The molecule has 0 aliphatic carbocycles. The highest BCUT2D eigenvalue weighted by molar-refractivity contribution is 5.82. The second kappa shape index (κ2) is 10.4. The number of methoxy groups -OCH3 is 2. The van der Waals surface area contributed by atoms with Gasteiger partial charge in [-0.05, 0) is 30.2 Å². The number of allylic oxidation sites excluding steroid dienone is 1. The van der Waals surface area contributed by atoms with E-state index in [1.54, 1.807) is 12.1 Å². The lowest BCUT2D eigenvalue weighted by Gasteiger charge is -2.15. The first-order chi connectivity index (χ1) is 14.0. The van der Waals surface area contributed by atoms with Crippen LogP contribution in [-0.2, 0) is 16.0 Å². The summed E-state index contributed by atoms with van der Waals surface area (Å²) in [5.74, 6) is 0.674. The van der Waals surface area contributed by atoms with Crippen LogP contribution in [-0.4, -0.2) is 42.9 Å².